The number of nitrogens with one attached hydrogen (secondary N) is 2. The lowest BCUT2D eigenvalue weighted by atomic mass is 10.1. The van der Waals surface area contributed by atoms with Gasteiger partial charge in [-0.25, -0.2) is 4.39 Å². The molecule has 1 fully saturated rings. The molecular weight excluding hydrogens is 389 g/mol. The maximum atomic E-state index is 13.9. The maximum Gasteiger partial charge on any atom is 0.231 e. The van der Waals surface area contributed by atoms with Gasteiger partial charge >= 0.3 is 0 Å². The highest BCUT2D eigenvalue weighted by molar-refractivity contribution is 7.80. The van der Waals surface area contributed by atoms with Crippen molar-refractivity contribution in [3.63, 3.8) is 0 Å². The van der Waals surface area contributed by atoms with Crippen LogP contribution in [0.1, 0.15) is 5.56 Å². The molecule has 2 heterocycles. The van der Waals surface area contributed by atoms with E-state index in [1.54, 1.807) is 12.1 Å². The van der Waals surface area contributed by atoms with Crippen molar-refractivity contribution in [1.82, 2.24) is 4.90 Å². The molecule has 0 bridgehead atoms. The van der Waals surface area contributed by atoms with Gasteiger partial charge in [0, 0.05) is 10.6 Å². The van der Waals surface area contributed by atoms with E-state index in [0.717, 1.165) is 44.2 Å². The van der Waals surface area contributed by atoms with Crippen LogP contribution in [0.25, 0.3) is 0 Å². The van der Waals surface area contributed by atoms with Gasteiger partial charge in [0.25, 0.3) is 0 Å². The second-order valence-electron chi connectivity index (χ2n) is 6.66. The summed E-state index contributed by atoms with van der Waals surface area (Å²) in [6, 6.07) is 10.6. The predicted octanol–water partition coefficient (Wildman–Crippen LogP) is 2.31. The van der Waals surface area contributed by atoms with E-state index in [4.69, 9.17) is 33.3 Å². The summed E-state index contributed by atoms with van der Waals surface area (Å²) in [5.41, 5.74) is 1.58. The summed E-state index contributed by atoms with van der Waals surface area (Å²) in [6.45, 7) is 4.78. The summed E-state index contributed by atoms with van der Waals surface area (Å²) in [7, 11) is 0. The fourth-order valence-corrected chi connectivity index (χ4v) is 3.78. The van der Waals surface area contributed by atoms with Crippen LogP contribution in [-0.2, 0) is 6.54 Å². The van der Waals surface area contributed by atoms with Crippen LogP contribution in [0.3, 0.4) is 0 Å². The van der Waals surface area contributed by atoms with Crippen LogP contribution < -0.4 is 19.7 Å². The average molecular weight is 409 g/mol. The van der Waals surface area contributed by atoms with Crippen LogP contribution in [-0.4, -0.2) is 43.0 Å². The first-order valence-electron chi connectivity index (χ1n) is 8.81. The highest BCUT2D eigenvalue weighted by Gasteiger charge is 2.23. The number of benzene rings is 2. The molecule has 0 spiro atoms. The Balaban J connectivity index is 1.30. The van der Waals surface area contributed by atoms with Gasteiger partial charge in [0.15, 0.2) is 16.6 Å². The van der Waals surface area contributed by atoms with E-state index < -0.39 is 5.82 Å². The minimum Gasteiger partial charge on any atom is -0.454 e. The smallest absolute Gasteiger partial charge is 0.231 e. The van der Waals surface area contributed by atoms with Gasteiger partial charge in [0.1, 0.15) is 12.4 Å². The van der Waals surface area contributed by atoms with E-state index in [-0.39, 0.29) is 0 Å². The first-order valence-corrected chi connectivity index (χ1v) is 9.60. The van der Waals surface area contributed by atoms with Crippen molar-refractivity contribution in [2.24, 2.45) is 0 Å². The molecule has 142 valence electrons. The number of fused-ring (bicyclic) bond motifs is 1. The molecule has 2 aliphatic rings. The topological polar surface area (TPSA) is 38.2 Å². The van der Waals surface area contributed by atoms with Crippen molar-refractivity contribution in [2.45, 2.75) is 6.54 Å². The minimum absolute atomic E-state index is 0.295. The van der Waals surface area contributed by atoms with Gasteiger partial charge in [0.2, 0.25) is 6.79 Å². The third-order valence-corrected chi connectivity index (χ3v) is 5.42. The van der Waals surface area contributed by atoms with Crippen molar-refractivity contribution >= 4 is 34.6 Å². The number of hydrogen-bond acceptors (Lipinski definition) is 3. The number of ether oxygens (including phenoxy) is 2. The molecule has 0 amide bonds. The van der Waals surface area contributed by atoms with Gasteiger partial charge in [-0.1, -0.05) is 11.6 Å². The third kappa shape index (κ3) is 4.26. The second kappa shape index (κ2) is 7.88. The number of halogens is 2. The number of anilines is 1. The van der Waals surface area contributed by atoms with Crippen molar-refractivity contribution in [2.75, 3.05) is 38.3 Å². The zero-order valence-electron chi connectivity index (χ0n) is 14.6. The fourth-order valence-electron chi connectivity index (χ4n) is 3.33. The van der Waals surface area contributed by atoms with Crippen molar-refractivity contribution in [3.8, 4) is 11.5 Å². The van der Waals surface area contributed by atoms with Gasteiger partial charge in [-0.05, 0) is 48.6 Å². The Morgan fingerprint density at radius 3 is 2.70 bits per heavy atom. The minimum atomic E-state index is -0.406. The highest BCUT2D eigenvalue weighted by atomic mass is 35.5. The number of thiocarbonyl (C=S) groups is 1. The Labute approximate surface area is 167 Å². The quantitative estimate of drug-likeness (QED) is 0.762. The van der Waals surface area contributed by atoms with Crippen LogP contribution in [0.2, 0.25) is 5.02 Å². The molecule has 2 aromatic carbocycles. The number of nitrogens with zero attached hydrogens (tertiary/aromatic N) is 1. The summed E-state index contributed by atoms with van der Waals surface area (Å²) in [5, 5.41) is 3.89. The lowest BCUT2D eigenvalue weighted by Gasteiger charge is -2.34. The zero-order valence-corrected chi connectivity index (χ0v) is 16.2. The van der Waals surface area contributed by atoms with E-state index in [1.165, 1.54) is 16.5 Å². The Hall–Kier alpha value is -2.09. The number of rotatable bonds is 3. The monoisotopic (exact) mass is 408 g/mol. The molecule has 27 heavy (non-hydrogen) atoms. The normalized spacial score (nSPS) is 16.4. The molecule has 0 unspecified atom stereocenters. The maximum absolute atomic E-state index is 13.9. The van der Waals surface area contributed by atoms with Crippen molar-refractivity contribution < 1.29 is 18.8 Å². The van der Waals surface area contributed by atoms with Gasteiger partial charge in [-0.15, -0.1) is 0 Å². The average Bonchev–Trinajstić information content (AvgIpc) is 3.12. The van der Waals surface area contributed by atoms with Gasteiger partial charge < -0.3 is 24.6 Å². The van der Waals surface area contributed by atoms with Crippen LogP contribution in [0, 0.1) is 5.82 Å². The SMILES string of the molecule is Fc1cc(Cl)ccc1NC(=S)N1CC[NH+](Cc2ccc3c(c2)OCO3)CC1. The molecule has 0 saturated carbocycles. The van der Waals surface area contributed by atoms with Gasteiger partial charge in [0.05, 0.1) is 31.9 Å². The van der Waals surface area contributed by atoms with E-state index >= 15 is 0 Å². The van der Waals surface area contributed by atoms with Crippen molar-refractivity contribution in [3.05, 3.63) is 52.8 Å². The molecule has 8 heteroatoms. The van der Waals surface area contributed by atoms with Gasteiger partial charge in [-0.2, -0.15) is 0 Å². The standard InChI is InChI=1S/C19H19ClFN3O2S/c20-14-2-3-16(15(21)10-14)22-19(27)24-7-5-23(6-8-24)11-13-1-4-17-18(9-13)26-12-25-17/h1-4,9-10H,5-8,11-12H2,(H,22,27)/p+1. The molecule has 0 aromatic heterocycles. The van der Waals surface area contributed by atoms with Crippen LogP contribution in [0.5, 0.6) is 11.5 Å². The molecular formula is C19H20ClFN3O2S+. The van der Waals surface area contributed by atoms with Crippen molar-refractivity contribution in [1.29, 1.82) is 0 Å². The molecule has 4 rings (SSSR count). The van der Waals surface area contributed by atoms with Gasteiger partial charge in [-0.3, -0.25) is 0 Å². The first-order chi connectivity index (χ1) is 13.1. The van der Waals surface area contributed by atoms with Crippen LogP contribution in [0.15, 0.2) is 36.4 Å². The van der Waals surface area contributed by atoms with Crippen LogP contribution >= 0.6 is 23.8 Å². The Bertz CT molecular complexity index is 859. The van der Waals surface area contributed by atoms with E-state index in [2.05, 4.69) is 22.3 Å². The largest absolute Gasteiger partial charge is 0.454 e. The van der Waals surface area contributed by atoms with E-state index in [9.17, 15) is 4.39 Å². The number of hydrogen-bond donors (Lipinski definition) is 2. The summed E-state index contributed by atoms with van der Waals surface area (Å²) in [5.74, 6) is 1.22. The number of quaternary nitrogens is 1. The van der Waals surface area contributed by atoms with Crippen LogP contribution in [0.4, 0.5) is 10.1 Å². The summed E-state index contributed by atoms with van der Waals surface area (Å²) in [4.78, 5) is 3.55. The molecule has 2 N–H and O–H groups in total. The molecule has 2 aromatic rings. The summed E-state index contributed by atoms with van der Waals surface area (Å²) in [6.07, 6.45) is 0. The Morgan fingerprint density at radius 2 is 1.93 bits per heavy atom. The Kier molecular flexibility index (Phi) is 5.33. The molecule has 0 radical (unpaired) electrons. The van der Waals surface area contributed by atoms with E-state index in [1.807, 2.05) is 6.07 Å². The lowest BCUT2D eigenvalue weighted by Crippen LogP contribution is -3.13. The highest BCUT2D eigenvalue weighted by Crippen LogP contribution is 2.32. The molecule has 0 atom stereocenters. The van der Waals surface area contributed by atoms with E-state index in [0.29, 0.717) is 22.6 Å². The fraction of sp³-hybridized carbons (Fsp3) is 0.316. The summed E-state index contributed by atoms with van der Waals surface area (Å²) >= 11 is 11.2. The molecule has 1 saturated heterocycles. The third-order valence-electron chi connectivity index (χ3n) is 4.82. The Morgan fingerprint density at radius 1 is 1.15 bits per heavy atom. The number of piperazine rings is 1. The molecule has 2 aliphatic heterocycles. The predicted molar refractivity (Wildman–Crippen MR) is 106 cm³/mol. The molecule has 0 aliphatic carbocycles. The second-order valence-corrected chi connectivity index (χ2v) is 7.48. The zero-order chi connectivity index (χ0) is 18.8. The summed E-state index contributed by atoms with van der Waals surface area (Å²) < 4.78 is 24.7. The molecule has 5 nitrogen and oxygen atoms in total. The lowest BCUT2D eigenvalue weighted by molar-refractivity contribution is -0.917. The first kappa shape index (κ1) is 18.3.